The normalized spacial score (nSPS) is 22.2. The first-order chi connectivity index (χ1) is 9.49. The van der Waals surface area contributed by atoms with Gasteiger partial charge in [0.25, 0.3) is 5.69 Å². The third-order valence-corrected chi connectivity index (χ3v) is 4.10. The summed E-state index contributed by atoms with van der Waals surface area (Å²) in [4.78, 5) is 25.6. The van der Waals surface area contributed by atoms with E-state index in [1.165, 1.54) is 12.3 Å². The van der Waals surface area contributed by atoms with Gasteiger partial charge in [-0.15, -0.1) is 0 Å². The minimum atomic E-state index is -0.506. The van der Waals surface area contributed by atoms with E-state index < -0.39 is 4.92 Å². The molecular weight excluding hydrogens is 328 g/mol. The average molecular weight is 343 g/mol. The van der Waals surface area contributed by atoms with Gasteiger partial charge in [-0.1, -0.05) is 12.8 Å². The maximum atomic E-state index is 11.4. The van der Waals surface area contributed by atoms with Crippen LogP contribution in [0.15, 0.2) is 16.7 Å². The molecule has 0 bridgehead atoms. The fraction of sp³-hybridized carbons (Fsp3) is 0.500. The molecule has 1 aliphatic rings. The molecule has 3 N–H and O–H groups in total. The number of aromatic nitrogens is 1. The van der Waals surface area contributed by atoms with Crippen molar-refractivity contribution in [2.75, 3.05) is 5.32 Å². The van der Waals surface area contributed by atoms with Crippen LogP contribution in [-0.2, 0) is 4.79 Å². The molecule has 0 spiro atoms. The van der Waals surface area contributed by atoms with E-state index in [9.17, 15) is 14.9 Å². The maximum Gasteiger partial charge on any atom is 0.288 e. The van der Waals surface area contributed by atoms with Crippen molar-refractivity contribution in [3.05, 3.63) is 26.9 Å². The Labute approximate surface area is 124 Å². The molecule has 8 heteroatoms. The summed E-state index contributed by atoms with van der Waals surface area (Å²) in [5.41, 5.74) is 5.33. The van der Waals surface area contributed by atoms with Gasteiger partial charge in [-0.05, 0) is 28.8 Å². The molecule has 0 aromatic carbocycles. The van der Waals surface area contributed by atoms with Crippen LogP contribution in [0.3, 0.4) is 0 Å². The van der Waals surface area contributed by atoms with Crippen molar-refractivity contribution in [3.8, 4) is 0 Å². The number of halogens is 1. The largest absolute Gasteiger partial charge is 0.369 e. The SMILES string of the molecule is NC(=O)[C@@H]1CCCC[C@@H]1Nc1ncc([N+](=O)[O-])cc1Br. The van der Waals surface area contributed by atoms with E-state index in [-0.39, 0.29) is 23.6 Å². The topological polar surface area (TPSA) is 111 Å². The standard InChI is InChI=1S/C12H15BrN4O3/c13-9-5-7(17(19)20)6-15-12(9)16-10-4-2-1-3-8(10)11(14)18/h5-6,8,10H,1-4H2,(H2,14,18)(H,15,16)/t8-,10+/m1/s1. The van der Waals surface area contributed by atoms with Crippen molar-refractivity contribution in [2.45, 2.75) is 31.7 Å². The molecule has 1 fully saturated rings. The second-order valence-corrected chi connectivity index (χ2v) is 5.68. The maximum absolute atomic E-state index is 11.4. The number of rotatable bonds is 4. The van der Waals surface area contributed by atoms with Crippen molar-refractivity contribution >= 4 is 33.3 Å². The van der Waals surface area contributed by atoms with Crippen LogP contribution in [-0.4, -0.2) is 21.9 Å². The summed E-state index contributed by atoms with van der Waals surface area (Å²) in [6.07, 6.45) is 4.79. The van der Waals surface area contributed by atoms with Crippen LogP contribution in [0.4, 0.5) is 11.5 Å². The molecule has 0 aliphatic heterocycles. The van der Waals surface area contributed by atoms with Gasteiger partial charge < -0.3 is 11.1 Å². The zero-order valence-electron chi connectivity index (χ0n) is 10.7. The molecule has 0 saturated heterocycles. The number of nitro groups is 1. The zero-order chi connectivity index (χ0) is 14.7. The van der Waals surface area contributed by atoms with E-state index in [2.05, 4.69) is 26.2 Å². The number of pyridine rings is 1. The Balaban J connectivity index is 2.16. The predicted octanol–water partition coefficient (Wildman–Crippen LogP) is 2.21. The molecule has 1 aliphatic carbocycles. The van der Waals surface area contributed by atoms with Gasteiger partial charge in [0, 0.05) is 12.1 Å². The monoisotopic (exact) mass is 342 g/mol. The third-order valence-electron chi connectivity index (χ3n) is 3.49. The van der Waals surface area contributed by atoms with Gasteiger partial charge in [0.05, 0.1) is 15.3 Å². The lowest BCUT2D eigenvalue weighted by atomic mass is 9.84. The highest BCUT2D eigenvalue weighted by Crippen LogP contribution is 2.30. The second-order valence-electron chi connectivity index (χ2n) is 4.83. The Hall–Kier alpha value is -1.70. The number of nitrogens with one attached hydrogen (secondary N) is 1. The Morgan fingerprint density at radius 3 is 2.80 bits per heavy atom. The van der Waals surface area contributed by atoms with Crippen molar-refractivity contribution in [1.82, 2.24) is 4.98 Å². The number of carbonyl (C=O) groups is 1. The molecule has 1 saturated carbocycles. The van der Waals surface area contributed by atoms with Crippen molar-refractivity contribution in [1.29, 1.82) is 0 Å². The Morgan fingerprint density at radius 2 is 2.20 bits per heavy atom. The molecule has 0 unspecified atom stereocenters. The van der Waals surface area contributed by atoms with E-state index >= 15 is 0 Å². The van der Waals surface area contributed by atoms with Crippen LogP contribution in [0.25, 0.3) is 0 Å². The fourth-order valence-electron chi connectivity index (χ4n) is 2.45. The van der Waals surface area contributed by atoms with Crippen LogP contribution in [0.1, 0.15) is 25.7 Å². The first-order valence-electron chi connectivity index (χ1n) is 6.35. The van der Waals surface area contributed by atoms with Gasteiger partial charge in [-0.3, -0.25) is 14.9 Å². The van der Waals surface area contributed by atoms with Gasteiger partial charge in [-0.2, -0.15) is 0 Å². The van der Waals surface area contributed by atoms with E-state index in [4.69, 9.17) is 5.73 Å². The van der Waals surface area contributed by atoms with Crippen LogP contribution < -0.4 is 11.1 Å². The lowest BCUT2D eigenvalue weighted by Crippen LogP contribution is -2.40. The van der Waals surface area contributed by atoms with Gasteiger partial charge in [-0.25, -0.2) is 4.98 Å². The highest BCUT2D eigenvalue weighted by atomic mass is 79.9. The number of primary amides is 1. The summed E-state index contributed by atoms with van der Waals surface area (Å²) >= 11 is 3.25. The average Bonchev–Trinajstić information content (AvgIpc) is 2.41. The summed E-state index contributed by atoms with van der Waals surface area (Å²) in [5.74, 6) is -0.0540. The zero-order valence-corrected chi connectivity index (χ0v) is 12.3. The van der Waals surface area contributed by atoms with Crippen molar-refractivity contribution in [2.24, 2.45) is 11.7 Å². The molecule has 1 aromatic heterocycles. The van der Waals surface area contributed by atoms with Gasteiger partial charge in [0.1, 0.15) is 12.0 Å². The molecule has 108 valence electrons. The summed E-state index contributed by atoms with van der Waals surface area (Å²) in [6, 6.07) is 1.31. The fourth-order valence-corrected chi connectivity index (χ4v) is 2.91. The van der Waals surface area contributed by atoms with Crippen LogP contribution in [0.5, 0.6) is 0 Å². The number of hydrogen-bond donors (Lipinski definition) is 2. The minimum Gasteiger partial charge on any atom is -0.369 e. The summed E-state index contributed by atoms with van der Waals surface area (Å²) in [5, 5.41) is 13.8. The van der Waals surface area contributed by atoms with Crippen LogP contribution in [0, 0.1) is 16.0 Å². The molecule has 7 nitrogen and oxygen atoms in total. The van der Waals surface area contributed by atoms with Crippen molar-refractivity contribution < 1.29 is 9.72 Å². The second kappa shape index (κ2) is 6.17. The summed E-state index contributed by atoms with van der Waals surface area (Å²) in [7, 11) is 0. The van der Waals surface area contributed by atoms with E-state index in [1.54, 1.807) is 0 Å². The number of nitrogens with two attached hydrogens (primary N) is 1. The van der Waals surface area contributed by atoms with Gasteiger partial charge >= 0.3 is 0 Å². The molecule has 0 radical (unpaired) electrons. The molecule has 2 atom stereocenters. The molecule has 1 aromatic rings. The smallest absolute Gasteiger partial charge is 0.288 e. The van der Waals surface area contributed by atoms with Crippen LogP contribution in [0.2, 0.25) is 0 Å². The molecule has 2 rings (SSSR count). The Morgan fingerprint density at radius 1 is 1.50 bits per heavy atom. The number of carbonyl (C=O) groups excluding carboxylic acids is 1. The van der Waals surface area contributed by atoms with Crippen molar-refractivity contribution in [3.63, 3.8) is 0 Å². The quantitative estimate of drug-likeness (QED) is 0.643. The predicted molar refractivity (Wildman–Crippen MR) is 77.2 cm³/mol. The lowest BCUT2D eigenvalue weighted by molar-refractivity contribution is -0.385. The number of hydrogen-bond acceptors (Lipinski definition) is 5. The first-order valence-corrected chi connectivity index (χ1v) is 7.14. The lowest BCUT2D eigenvalue weighted by Gasteiger charge is -2.30. The molecule has 20 heavy (non-hydrogen) atoms. The highest BCUT2D eigenvalue weighted by Gasteiger charge is 2.30. The summed E-state index contributed by atoms with van der Waals surface area (Å²) < 4.78 is 0.500. The van der Waals surface area contributed by atoms with Gasteiger partial charge in [0.2, 0.25) is 5.91 Å². The van der Waals surface area contributed by atoms with E-state index in [0.717, 1.165) is 25.7 Å². The number of anilines is 1. The summed E-state index contributed by atoms with van der Waals surface area (Å²) in [6.45, 7) is 0. The minimum absolute atomic E-state index is 0.0773. The van der Waals surface area contributed by atoms with E-state index in [1.807, 2.05) is 0 Å². The molecular formula is C12H15BrN4O3. The van der Waals surface area contributed by atoms with E-state index in [0.29, 0.717) is 10.3 Å². The third kappa shape index (κ3) is 3.24. The van der Waals surface area contributed by atoms with Crippen LogP contribution >= 0.6 is 15.9 Å². The Kier molecular flexibility index (Phi) is 4.53. The Bertz CT molecular complexity index is 537. The number of amides is 1. The first kappa shape index (κ1) is 14.7. The van der Waals surface area contributed by atoms with Gasteiger partial charge in [0.15, 0.2) is 0 Å². The molecule has 1 amide bonds. The number of nitrogens with zero attached hydrogens (tertiary/aromatic N) is 2. The highest BCUT2D eigenvalue weighted by molar-refractivity contribution is 9.10. The molecule has 1 heterocycles.